The van der Waals surface area contributed by atoms with Crippen LogP contribution in [0.4, 0.5) is 10.2 Å². The van der Waals surface area contributed by atoms with Crippen molar-refractivity contribution in [1.29, 1.82) is 0 Å². The van der Waals surface area contributed by atoms with E-state index in [4.69, 9.17) is 9.47 Å². The SMILES string of the molecule is COC(=O)c1cc(F)cc2c1CN(c1ccc(Br)c(C(=O)OC(C)(C)C)n1)CC2. The summed E-state index contributed by atoms with van der Waals surface area (Å²) >= 11 is 3.35. The van der Waals surface area contributed by atoms with E-state index < -0.39 is 23.4 Å². The second-order valence-electron chi connectivity index (χ2n) is 7.76. The summed E-state index contributed by atoms with van der Waals surface area (Å²) in [5, 5.41) is 0. The van der Waals surface area contributed by atoms with E-state index in [0.717, 1.165) is 5.56 Å². The van der Waals surface area contributed by atoms with E-state index in [-0.39, 0.29) is 11.3 Å². The number of methoxy groups -OCH3 is 1. The van der Waals surface area contributed by atoms with Crippen LogP contribution in [-0.4, -0.2) is 36.2 Å². The number of rotatable bonds is 3. The second kappa shape index (κ2) is 8.10. The van der Waals surface area contributed by atoms with E-state index in [1.165, 1.54) is 19.2 Å². The second-order valence-corrected chi connectivity index (χ2v) is 8.61. The topological polar surface area (TPSA) is 68.7 Å². The van der Waals surface area contributed by atoms with Crippen molar-refractivity contribution in [2.75, 3.05) is 18.6 Å². The molecule has 1 aromatic carbocycles. The number of aromatic nitrogens is 1. The molecule has 0 N–H and O–H groups in total. The van der Waals surface area contributed by atoms with Gasteiger partial charge in [-0.1, -0.05) is 0 Å². The fourth-order valence-electron chi connectivity index (χ4n) is 3.19. The number of carbonyl (C=O) groups is 2. The quantitative estimate of drug-likeness (QED) is 0.631. The lowest BCUT2D eigenvalue weighted by molar-refractivity contribution is 0.00616. The summed E-state index contributed by atoms with van der Waals surface area (Å²) < 4.78 is 24.7. The molecule has 0 saturated heterocycles. The molecule has 0 aliphatic carbocycles. The van der Waals surface area contributed by atoms with Crippen LogP contribution in [0.2, 0.25) is 0 Å². The average molecular weight is 465 g/mol. The van der Waals surface area contributed by atoms with Gasteiger partial charge in [-0.2, -0.15) is 0 Å². The Labute approximate surface area is 177 Å². The minimum Gasteiger partial charge on any atom is -0.465 e. The molecular formula is C21H22BrFN2O4. The van der Waals surface area contributed by atoms with Gasteiger partial charge in [-0.3, -0.25) is 0 Å². The van der Waals surface area contributed by atoms with E-state index in [1.807, 2.05) is 4.90 Å². The molecule has 1 aliphatic rings. The normalized spacial score (nSPS) is 13.7. The van der Waals surface area contributed by atoms with Crippen molar-refractivity contribution in [2.24, 2.45) is 0 Å². The summed E-state index contributed by atoms with van der Waals surface area (Å²) in [5.74, 6) is -1.01. The number of pyridine rings is 1. The summed E-state index contributed by atoms with van der Waals surface area (Å²) in [4.78, 5) is 31.0. The van der Waals surface area contributed by atoms with Crippen molar-refractivity contribution in [3.63, 3.8) is 0 Å². The Hall–Kier alpha value is -2.48. The molecule has 8 heteroatoms. The van der Waals surface area contributed by atoms with Gasteiger partial charge in [0.05, 0.1) is 17.1 Å². The Morgan fingerprint density at radius 1 is 1.21 bits per heavy atom. The first-order valence-corrected chi connectivity index (χ1v) is 9.93. The maximum absolute atomic E-state index is 13.9. The summed E-state index contributed by atoms with van der Waals surface area (Å²) in [5.41, 5.74) is 1.21. The molecule has 29 heavy (non-hydrogen) atoms. The van der Waals surface area contributed by atoms with Gasteiger partial charge < -0.3 is 14.4 Å². The molecule has 0 unspecified atom stereocenters. The van der Waals surface area contributed by atoms with Gasteiger partial charge in [-0.15, -0.1) is 0 Å². The predicted octanol–water partition coefficient (Wildman–Crippen LogP) is 4.29. The first-order valence-electron chi connectivity index (χ1n) is 9.13. The lowest BCUT2D eigenvalue weighted by Crippen LogP contribution is -2.33. The van der Waals surface area contributed by atoms with Gasteiger partial charge in [0.1, 0.15) is 17.2 Å². The first-order chi connectivity index (χ1) is 13.6. The van der Waals surface area contributed by atoms with Crippen molar-refractivity contribution in [3.8, 4) is 0 Å². The maximum atomic E-state index is 13.9. The van der Waals surface area contributed by atoms with Crippen LogP contribution in [0.3, 0.4) is 0 Å². The minimum atomic E-state index is -0.641. The molecule has 0 saturated carbocycles. The van der Waals surface area contributed by atoms with Gasteiger partial charge >= 0.3 is 11.9 Å². The Bertz CT molecular complexity index is 972. The number of nitrogens with zero attached hydrogens (tertiary/aromatic N) is 2. The summed E-state index contributed by atoms with van der Waals surface area (Å²) in [6, 6.07) is 6.16. The van der Waals surface area contributed by atoms with Gasteiger partial charge in [-0.05, 0) is 78.5 Å². The number of ether oxygens (including phenoxy) is 2. The van der Waals surface area contributed by atoms with Crippen LogP contribution < -0.4 is 4.90 Å². The molecule has 6 nitrogen and oxygen atoms in total. The molecule has 2 heterocycles. The van der Waals surface area contributed by atoms with Crippen LogP contribution >= 0.6 is 15.9 Å². The van der Waals surface area contributed by atoms with Gasteiger partial charge in [0, 0.05) is 13.1 Å². The number of esters is 2. The zero-order chi connectivity index (χ0) is 21.3. The third kappa shape index (κ3) is 4.75. The molecular weight excluding hydrogens is 443 g/mol. The van der Waals surface area contributed by atoms with Crippen LogP contribution in [0, 0.1) is 5.82 Å². The van der Waals surface area contributed by atoms with Crippen LogP contribution in [-0.2, 0) is 22.4 Å². The summed E-state index contributed by atoms with van der Waals surface area (Å²) in [6.45, 7) is 6.29. The largest absolute Gasteiger partial charge is 0.465 e. The highest BCUT2D eigenvalue weighted by Gasteiger charge is 2.26. The number of benzene rings is 1. The zero-order valence-corrected chi connectivity index (χ0v) is 18.3. The standard InChI is InChI=1S/C21H22BrFN2O4/c1-21(2,3)29-20(27)18-16(22)5-6-17(24-18)25-8-7-12-9-13(23)10-14(15(12)11-25)19(26)28-4/h5-6,9-10H,7-8,11H2,1-4H3. The molecule has 0 spiro atoms. The summed E-state index contributed by atoms with van der Waals surface area (Å²) in [7, 11) is 1.27. The number of carbonyl (C=O) groups excluding carboxylic acids is 2. The van der Waals surface area contributed by atoms with Crippen molar-refractivity contribution in [1.82, 2.24) is 4.98 Å². The highest BCUT2D eigenvalue weighted by Crippen LogP contribution is 2.29. The van der Waals surface area contributed by atoms with Crippen molar-refractivity contribution < 1.29 is 23.5 Å². The zero-order valence-electron chi connectivity index (χ0n) is 16.7. The van der Waals surface area contributed by atoms with Gasteiger partial charge in [0.15, 0.2) is 5.69 Å². The fraction of sp³-hybridized carbons (Fsp3) is 0.381. The van der Waals surface area contributed by atoms with Crippen molar-refractivity contribution in [3.05, 3.63) is 56.9 Å². The number of fused-ring (bicyclic) bond motifs is 1. The van der Waals surface area contributed by atoms with Crippen LogP contribution in [0.25, 0.3) is 0 Å². The monoisotopic (exact) mass is 464 g/mol. The molecule has 2 aromatic rings. The van der Waals surface area contributed by atoms with Gasteiger partial charge in [0.2, 0.25) is 0 Å². The number of hydrogen-bond acceptors (Lipinski definition) is 6. The smallest absolute Gasteiger partial charge is 0.358 e. The Balaban J connectivity index is 1.94. The fourth-order valence-corrected chi connectivity index (χ4v) is 3.58. The van der Waals surface area contributed by atoms with Gasteiger partial charge in [-0.25, -0.2) is 19.0 Å². The third-order valence-electron chi connectivity index (χ3n) is 4.46. The van der Waals surface area contributed by atoms with Crippen LogP contribution in [0.5, 0.6) is 0 Å². The molecule has 1 aromatic heterocycles. The average Bonchev–Trinajstić information content (AvgIpc) is 2.65. The maximum Gasteiger partial charge on any atom is 0.358 e. The number of hydrogen-bond donors (Lipinski definition) is 0. The van der Waals surface area contributed by atoms with E-state index in [0.29, 0.717) is 35.4 Å². The van der Waals surface area contributed by atoms with E-state index in [1.54, 1.807) is 32.9 Å². The molecule has 0 fully saturated rings. The molecule has 3 rings (SSSR count). The lowest BCUT2D eigenvalue weighted by Gasteiger charge is -2.31. The Kier molecular flexibility index (Phi) is 5.93. The molecule has 0 amide bonds. The Morgan fingerprint density at radius 3 is 2.59 bits per heavy atom. The van der Waals surface area contributed by atoms with Crippen LogP contribution in [0.1, 0.15) is 52.7 Å². The molecule has 0 atom stereocenters. The number of halogens is 2. The van der Waals surface area contributed by atoms with E-state index in [9.17, 15) is 14.0 Å². The number of anilines is 1. The van der Waals surface area contributed by atoms with E-state index >= 15 is 0 Å². The highest BCUT2D eigenvalue weighted by atomic mass is 79.9. The minimum absolute atomic E-state index is 0.176. The van der Waals surface area contributed by atoms with E-state index in [2.05, 4.69) is 20.9 Å². The molecule has 1 aliphatic heterocycles. The third-order valence-corrected chi connectivity index (χ3v) is 5.10. The lowest BCUT2D eigenvalue weighted by atomic mass is 9.94. The Morgan fingerprint density at radius 2 is 1.93 bits per heavy atom. The van der Waals surface area contributed by atoms with Crippen molar-refractivity contribution in [2.45, 2.75) is 39.3 Å². The summed E-state index contributed by atoms with van der Waals surface area (Å²) in [6.07, 6.45) is 0.538. The van der Waals surface area contributed by atoms with Crippen molar-refractivity contribution >= 4 is 33.7 Å². The molecule has 154 valence electrons. The van der Waals surface area contributed by atoms with Gasteiger partial charge in [0.25, 0.3) is 0 Å². The molecule has 0 bridgehead atoms. The van der Waals surface area contributed by atoms with Crippen LogP contribution in [0.15, 0.2) is 28.7 Å². The highest BCUT2D eigenvalue weighted by molar-refractivity contribution is 9.10. The predicted molar refractivity (Wildman–Crippen MR) is 110 cm³/mol. The molecule has 0 radical (unpaired) electrons. The first kappa shape index (κ1) is 21.2.